The van der Waals surface area contributed by atoms with Gasteiger partial charge in [0.1, 0.15) is 0 Å². The normalized spacial score (nSPS) is 27.3. The lowest BCUT2D eigenvalue weighted by atomic mass is 10.0. The molecule has 1 aliphatic rings. The molecule has 2 unspecified atom stereocenters. The molecule has 10 heteroatoms. The number of halogens is 2. The second-order valence-corrected chi connectivity index (χ2v) is 7.21. The molecule has 2 rings (SSSR count). The van der Waals surface area contributed by atoms with Gasteiger partial charge in [0.2, 0.25) is 0 Å². The maximum Gasteiger partial charge on any atom is 0.440 e. The van der Waals surface area contributed by atoms with Gasteiger partial charge in [0.25, 0.3) is 11.6 Å². The van der Waals surface area contributed by atoms with Crippen LogP contribution in [0, 0.1) is 0 Å². The van der Waals surface area contributed by atoms with Crippen molar-refractivity contribution in [3.63, 3.8) is 0 Å². The average molecular weight is 380 g/mol. The Hall–Kier alpha value is -1.11. The Labute approximate surface area is 143 Å². The zero-order valence-corrected chi connectivity index (χ0v) is 14.7. The smallest absolute Gasteiger partial charge is 0.308 e. The van der Waals surface area contributed by atoms with E-state index in [1.807, 2.05) is 0 Å². The maximum atomic E-state index is 12.8. The summed E-state index contributed by atoms with van der Waals surface area (Å²) >= 11 is 11.8. The summed E-state index contributed by atoms with van der Waals surface area (Å²) in [6, 6.07) is 4.22. The van der Waals surface area contributed by atoms with E-state index >= 15 is 0 Å². The van der Waals surface area contributed by atoms with E-state index in [9.17, 15) is 14.2 Å². The molecule has 0 aromatic heterocycles. The van der Waals surface area contributed by atoms with Crippen LogP contribution in [0.2, 0.25) is 10.0 Å². The molecular weight excluding hydrogens is 366 g/mol. The summed E-state index contributed by atoms with van der Waals surface area (Å²) < 4.78 is 24.4. The monoisotopic (exact) mass is 379 g/mol. The molecule has 0 aliphatic carbocycles. The highest BCUT2D eigenvalue weighted by molar-refractivity contribution is 7.52. The molecule has 1 aromatic rings. The number of carbonyl (C=O) groups is 1. The molecule has 1 aliphatic heterocycles. The van der Waals surface area contributed by atoms with Crippen molar-refractivity contribution in [3.8, 4) is 0 Å². The molecule has 23 heavy (non-hydrogen) atoms. The Kier molecular flexibility index (Phi) is 5.38. The van der Waals surface area contributed by atoms with Gasteiger partial charge in [-0.3, -0.25) is 18.6 Å². The van der Waals surface area contributed by atoms with Gasteiger partial charge in [0, 0.05) is 12.1 Å². The highest BCUT2D eigenvalue weighted by Gasteiger charge is 2.61. The van der Waals surface area contributed by atoms with Crippen LogP contribution in [-0.4, -0.2) is 30.1 Å². The molecule has 2 atom stereocenters. The number of nitrogens with zero attached hydrogens (tertiary/aromatic N) is 1. The third-order valence-corrected chi connectivity index (χ3v) is 6.11. The SMILES string of the molecule is CCOP1(=O)OC(N[C]=O)(c2ccc(Cl)c(Cl)c2)C(=O)N1CC. The largest absolute Gasteiger partial charge is 0.440 e. The third-order valence-electron chi connectivity index (χ3n) is 3.23. The molecule has 1 radical (unpaired) electrons. The molecule has 1 fully saturated rings. The number of nitrogens with one attached hydrogen (secondary N) is 1. The summed E-state index contributed by atoms with van der Waals surface area (Å²) in [5.41, 5.74) is -1.87. The Bertz CT molecular complexity index is 686. The second-order valence-electron chi connectivity index (χ2n) is 4.54. The van der Waals surface area contributed by atoms with E-state index in [1.54, 1.807) is 13.8 Å². The third kappa shape index (κ3) is 2.99. The van der Waals surface area contributed by atoms with Crippen LogP contribution in [0.4, 0.5) is 0 Å². The van der Waals surface area contributed by atoms with Gasteiger partial charge in [-0.25, -0.2) is 9.24 Å². The fraction of sp³-hybridized carbons (Fsp3) is 0.385. The molecule has 1 aromatic carbocycles. The average Bonchev–Trinajstić information content (AvgIpc) is 2.71. The minimum Gasteiger partial charge on any atom is -0.308 e. The Morgan fingerprint density at radius 2 is 2.09 bits per heavy atom. The Morgan fingerprint density at radius 3 is 2.61 bits per heavy atom. The van der Waals surface area contributed by atoms with Crippen LogP contribution in [0.3, 0.4) is 0 Å². The van der Waals surface area contributed by atoms with Gasteiger partial charge in [-0.05, 0) is 26.0 Å². The van der Waals surface area contributed by atoms with E-state index in [-0.39, 0.29) is 28.8 Å². The number of amides is 2. The Morgan fingerprint density at radius 1 is 1.39 bits per heavy atom. The summed E-state index contributed by atoms with van der Waals surface area (Å²) in [5.74, 6) is -0.737. The van der Waals surface area contributed by atoms with E-state index in [0.29, 0.717) is 0 Å². The van der Waals surface area contributed by atoms with Gasteiger partial charge >= 0.3 is 14.2 Å². The van der Waals surface area contributed by atoms with E-state index in [0.717, 1.165) is 4.67 Å². The number of benzene rings is 1. The molecule has 7 nitrogen and oxygen atoms in total. The number of likely N-dealkylation sites (N-methyl/N-ethyl adjacent to an activating group) is 1. The van der Waals surface area contributed by atoms with Crippen molar-refractivity contribution in [1.29, 1.82) is 0 Å². The van der Waals surface area contributed by atoms with Crippen LogP contribution in [0.5, 0.6) is 0 Å². The summed E-state index contributed by atoms with van der Waals surface area (Å²) in [6.07, 6.45) is 1.41. The molecule has 0 saturated carbocycles. The van der Waals surface area contributed by atoms with Gasteiger partial charge < -0.3 is 5.32 Å². The first-order valence-electron chi connectivity index (χ1n) is 6.72. The van der Waals surface area contributed by atoms with Gasteiger partial charge in [-0.2, -0.15) is 0 Å². The number of carbonyl (C=O) groups excluding carboxylic acids is 2. The highest BCUT2D eigenvalue weighted by Crippen LogP contribution is 2.62. The van der Waals surface area contributed by atoms with Crippen molar-refractivity contribution < 1.29 is 23.2 Å². The molecular formula is C13H14Cl2N2O5P. The summed E-state index contributed by atoms with van der Waals surface area (Å²) in [4.78, 5) is 23.7. The van der Waals surface area contributed by atoms with Crippen LogP contribution in [-0.2, 0) is 28.9 Å². The topological polar surface area (TPSA) is 84.9 Å². The molecule has 1 N–H and O–H groups in total. The lowest BCUT2D eigenvalue weighted by molar-refractivity contribution is -0.138. The number of rotatable bonds is 6. The fourth-order valence-electron chi connectivity index (χ4n) is 2.24. The minimum atomic E-state index is -3.91. The second kappa shape index (κ2) is 6.79. The van der Waals surface area contributed by atoms with Crippen LogP contribution in [0.1, 0.15) is 19.4 Å². The zero-order valence-electron chi connectivity index (χ0n) is 12.3. The molecule has 0 spiro atoms. The van der Waals surface area contributed by atoms with Crippen molar-refractivity contribution in [3.05, 3.63) is 33.8 Å². The number of hydrogen-bond donors (Lipinski definition) is 1. The van der Waals surface area contributed by atoms with Crippen LogP contribution < -0.4 is 5.32 Å². The van der Waals surface area contributed by atoms with Crippen molar-refractivity contribution >= 4 is 43.3 Å². The summed E-state index contributed by atoms with van der Waals surface area (Å²) in [6.45, 7) is 3.35. The lowest BCUT2D eigenvalue weighted by Crippen LogP contribution is -2.49. The summed E-state index contributed by atoms with van der Waals surface area (Å²) in [7, 11) is -3.91. The highest BCUT2D eigenvalue weighted by atomic mass is 35.5. The zero-order chi connectivity index (χ0) is 17.3. The Balaban J connectivity index is 2.60. The molecule has 125 valence electrons. The minimum absolute atomic E-state index is 0.0588. The van der Waals surface area contributed by atoms with Gasteiger partial charge in [-0.15, -0.1) is 0 Å². The number of hydrogen-bond acceptors (Lipinski definition) is 5. The van der Waals surface area contributed by atoms with Crippen LogP contribution >= 0.6 is 30.9 Å². The first-order valence-corrected chi connectivity index (χ1v) is 8.97. The van der Waals surface area contributed by atoms with E-state index in [2.05, 4.69) is 5.32 Å². The van der Waals surface area contributed by atoms with E-state index in [1.165, 1.54) is 24.6 Å². The quantitative estimate of drug-likeness (QED) is 0.606. The van der Waals surface area contributed by atoms with Gasteiger partial charge in [0.05, 0.1) is 16.7 Å². The predicted octanol–water partition coefficient (Wildman–Crippen LogP) is 2.83. The van der Waals surface area contributed by atoms with Crippen molar-refractivity contribution in [2.45, 2.75) is 19.6 Å². The van der Waals surface area contributed by atoms with Gasteiger partial charge in [-0.1, -0.05) is 29.3 Å². The van der Waals surface area contributed by atoms with Crippen LogP contribution in [0.25, 0.3) is 0 Å². The van der Waals surface area contributed by atoms with Gasteiger partial charge in [0.15, 0.2) is 0 Å². The molecule has 2 amide bonds. The molecule has 1 heterocycles. The predicted molar refractivity (Wildman–Crippen MR) is 84.7 cm³/mol. The fourth-order valence-corrected chi connectivity index (χ4v) is 4.44. The van der Waals surface area contributed by atoms with Crippen molar-refractivity contribution in [2.75, 3.05) is 13.2 Å². The summed E-state index contributed by atoms with van der Waals surface area (Å²) in [5, 5.41) is 2.58. The van der Waals surface area contributed by atoms with Crippen LogP contribution in [0.15, 0.2) is 18.2 Å². The lowest BCUT2D eigenvalue weighted by Gasteiger charge is -2.24. The molecule has 0 bridgehead atoms. The van der Waals surface area contributed by atoms with Crippen molar-refractivity contribution in [2.24, 2.45) is 0 Å². The van der Waals surface area contributed by atoms with E-state index in [4.69, 9.17) is 32.2 Å². The maximum absolute atomic E-state index is 12.8. The standard InChI is InChI=1S/C13H14Cl2N2O5P/c1-3-17-12(19)13(16-8-18,22-23(17,20)21-4-2)9-5-6-10(14)11(15)7-9/h5-7H,3-4H2,1-2H3,(H,16,18). The van der Waals surface area contributed by atoms with E-state index < -0.39 is 19.4 Å². The van der Waals surface area contributed by atoms with Crippen molar-refractivity contribution in [1.82, 2.24) is 9.99 Å². The first-order chi connectivity index (χ1) is 10.8. The molecule has 1 saturated heterocycles. The first kappa shape index (κ1) is 18.2.